The Bertz CT molecular complexity index is 1360. The number of aromatic nitrogens is 3. The molecule has 156 valence electrons. The Labute approximate surface area is 179 Å². The molecule has 0 aliphatic carbocycles. The summed E-state index contributed by atoms with van der Waals surface area (Å²) >= 11 is 7.25. The van der Waals surface area contributed by atoms with Gasteiger partial charge >= 0.3 is 5.97 Å². The van der Waals surface area contributed by atoms with E-state index in [0.29, 0.717) is 26.8 Å². The van der Waals surface area contributed by atoms with E-state index in [4.69, 9.17) is 21.2 Å². The van der Waals surface area contributed by atoms with Gasteiger partial charge in [-0.3, -0.25) is 0 Å². The first kappa shape index (κ1) is 20.5. The summed E-state index contributed by atoms with van der Waals surface area (Å²) < 4.78 is 31.9. The molecule has 4 rings (SSSR count). The van der Waals surface area contributed by atoms with E-state index in [-0.39, 0.29) is 17.3 Å². The maximum absolute atomic E-state index is 12.3. The van der Waals surface area contributed by atoms with Gasteiger partial charge in [0.2, 0.25) is 5.82 Å². The third kappa shape index (κ3) is 3.84. The topological polar surface area (TPSA) is 136 Å². The van der Waals surface area contributed by atoms with Crippen LogP contribution in [0.5, 0.6) is 0 Å². The minimum absolute atomic E-state index is 0.00421. The predicted octanol–water partition coefficient (Wildman–Crippen LogP) is 2.92. The summed E-state index contributed by atoms with van der Waals surface area (Å²) in [6.45, 7) is -0.515. The fraction of sp³-hybridized carbons (Fsp3) is 0.167. The lowest BCUT2D eigenvalue weighted by Gasteiger charge is -2.06. The number of fused-ring (bicyclic) bond motifs is 1. The van der Waals surface area contributed by atoms with Crippen LogP contribution in [0, 0.1) is 0 Å². The molecular formula is C18H14ClN3O6S2. The number of benzene rings is 1. The number of nitrogens with zero attached hydrogens (tertiary/aromatic N) is 3. The molecule has 0 aliphatic rings. The highest BCUT2D eigenvalue weighted by Crippen LogP contribution is 2.32. The second kappa shape index (κ2) is 7.84. The molecule has 0 amide bonds. The third-order valence-corrected chi connectivity index (χ3v) is 7.26. The summed E-state index contributed by atoms with van der Waals surface area (Å²) in [7, 11) is -3.72. The highest BCUT2D eigenvalue weighted by Gasteiger charge is 2.21. The van der Waals surface area contributed by atoms with Crippen LogP contribution in [0.3, 0.4) is 0 Å². The minimum Gasteiger partial charge on any atom is -0.475 e. The van der Waals surface area contributed by atoms with Gasteiger partial charge in [-0.15, -0.1) is 11.3 Å². The molecule has 0 bridgehead atoms. The van der Waals surface area contributed by atoms with E-state index in [1.807, 2.05) is 0 Å². The number of hydrogen-bond acceptors (Lipinski definition) is 8. The summed E-state index contributed by atoms with van der Waals surface area (Å²) in [5, 5.41) is 22.5. The number of hydrogen-bond donors (Lipinski definition) is 2. The standard InChI is InChI=1S/C18H14ClN3O6S2/c19-16-4-3-15(29-16)14-7-10(21-28-14)9-22-13-8-11(30(26,27)6-5-23)1-2-12(13)20-17(22)18(24)25/h1-4,7-8,23H,5-6,9H2,(H,24,25). The monoisotopic (exact) mass is 467 g/mol. The van der Waals surface area contributed by atoms with Crippen LogP contribution < -0.4 is 0 Å². The maximum atomic E-state index is 12.3. The molecule has 0 unspecified atom stereocenters. The number of aromatic carboxylic acids is 1. The quantitative estimate of drug-likeness (QED) is 0.423. The molecule has 2 N–H and O–H groups in total. The number of carboxylic acids is 1. The third-order valence-electron chi connectivity index (χ3n) is 4.33. The van der Waals surface area contributed by atoms with Crippen molar-refractivity contribution in [3.05, 3.63) is 52.3 Å². The van der Waals surface area contributed by atoms with Gasteiger partial charge in [-0.05, 0) is 30.3 Å². The molecule has 9 nitrogen and oxygen atoms in total. The molecule has 0 fully saturated rings. The molecule has 0 saturated heterocycles. The van der Waals surface area contributed by atoms with Gasteiger partial charge in [-0.25, -0.2) is 18.2 Å². The average Bonchev–Trinajstić information content (AvgIpc) is 3.40. The molecule has 0 saturated carbocycles. The van der Waals surface area contributed by atoms with Crippen LogP contribution in [-0.4, -0.2) is 51.7 Å². The van der Waals surface area contributed by atoms with Gasteiger partial charge in [0.05, 0.1) is 44.0 Å². The Hall–Kier alpha value is -2.73. The van der Waals surface area contributed by atoms with E-state index >= 15 is 0 Å². The van der Waals surface area contributed by atoms with E-state index in [9.17, 15) is 18.3 Å². The normalized spacial score (nSPS) is 11.9. The Balaban J connectivity index is 1.78. The number of carbonyl (C=O) groups is 1. The van der Waals surface area contributed by atoms with Crippen molar-refractivity contribution in [1.82, 2.24) is 14.7 Å². The number of carboxylic acid groups (broad SMARTS) is 1. The van der Waals surface area contributed by atoms with Crippen molar-refractivity contribution in [2.45, 2.75) is 11.4 Å². The SMILES string of the molecule is O=C(O)c1nc2ccc(S(=O)(=O)CCO)cc2n1Cc1cc(-c2ccc(Cl)s2)on1. The number of imidazole rings is 1. The number of rotatable bonds is 7. The fourth-order valence-corrected chi connectivity index (χ4v) is 5.00. The van der Waals surface area contributed by atoms with Gasteiger partial charge in [-0.2, -0.15) is 0 Å². The van der Waals surface area contributed by atoms with Gasteiger partial charge in [0.1, 0.15) is 5.69 Å². The molecule has 0 radical (unpaired) electrons. The first-order valence-corrected chi connectivity index (χ1v) is 11.4. The summed E-state index contributed by atoms with van der Waals surface area (Å²) in [4.78, 5) is 16.5. The molecule has 3 heterocycles. The van der Waals surface area contributed by atoms with Gasteiger partial charge < -0.3 is 19.3 Å². The van der Waals surface area contributed by atoms with Crippen LogP contribution in [0.1, 0.15) is 16.3 Å². The maximum Gasteiger partial charge on any atom is 0.372 e. The van der Waals surface area contributed by atoms with Crippen molar-refractivity contribution in [2.24, 2.45) is 0 Å². The van der Waals surface area contributed by atoms with E-state index in [1.165, 1.54) is 34.1 Å². The molecule has 1 aromatic carbocycles. The van der Waals surface area contributed by atoms with E-state index < -0.39 is 28.2 Å². The number of sulfone groups is 1. The lowest BCUT2D eigenvalue weighted by atomic mass is 10.3. The lowest BCUT2D eigenvalue weighted by molar-refractivity contribution is 0.0679. The van der Waals surface area contributed by atoms with Gasteiger partial charge in [0, 0.05) is 6.07 Å². The Kier molecular flexibility index (Phi) is 5.36. The Morgan fingerprint density at radius 3 is 2.70 bits per heavy atom. The highest BCUT2D eigenvalue weighted by molar-refractivity contribution is 7.91. The zero-order valence-corrected chi connectivity index (χ0v) is 17.5. The van der Waals surface area contributed by atoms with E-state index in [2.05, 4.69) is 10.1 Å². The van der Waals surface area contributed by atoms with Crippen LogP contribution in [0.4, 0.5) is 0 Å². The van der Waals surface area contributed by atoms with Crippen molar-refractivity contribution in [2.75, 3.05) is 12.4 Å². The zero-order valence-electron chi connectivity index (χ0n) is 15.1. The fourth-order valence-electron chi connectivity index (χ4n) is 2.97. The van der Waals surface area contributed by atoms with Crippen molar-refractivity contribution in [3.8, 4) is 10.6 Å². The van der Waals surface area contributed by atoms with Crippen molar-refractivity contribution in [3.63, 3.8) is 0 Å². The lowest BCUT2D eigenvalue weighted by Crippen LogP contribution is -2.12. The molecule has 4 aromatic rings. The molecule has 30 heavy (non-hydrogen) atoms. The van der Waals surface area contributed by atoms with Crippen molar-refractivity contribution in [1.29, 1.82) is 0 Å². The number of aliphatic hydroxyl groups excluding tert-OH is 1. The zero-order chi connectivity index (χ0) is 21.5. The highest BCUT2D eigenvalue weighted by atomic mass is 35.5. The van der Waals surface area contributed by atoms with Crippen LogP contribution in [0.2, 0.25) is 4.34 Å². The first-order chi connectivity index (χ1) is 14.3. The summed E-state index contributed by atoms with van der Waals surface area (Å²) in [5.74, 6) is -1.48. The number of halogens is 1. The van der Waals surface area contributed by atoms with Crippen LogP contribution in [0.25, 0.3) is 21.7 Å². The molecule has 0 spiro atoms. The molecular weight excluding hydrogens is 454 g/mol. The summed E-state index contributed by atoms with van der Waals surface area (Å²) in [6, 6.07) is 9.29. The molecule has 12 heteroatoms. The van der Waals surface area contributed by atoms with Gasteiger partial charge in [-0.1, -0.05) is 16.8 Å². The smallest absolute Gasteiger partial charge is 0.372 e. The van der Waals surface area contributed by atoms with Gasteiger partial charge in [0.25, 0.3) is 0 Å². The van der Waals surface area contributed by atoms with Gasteiger partial charge in [0.15, 0.2) is 15.6 Å². The van der Waals surface area contributed by atoms with E-state index in [0.717, 1.165) is 4.88 Å². The Morgan fingerprint density at radius 1 is 1.23 bits per heavy atom. The largest absolute Gasteiger partial charge is 0.475 e. The van der Waals surface area contributed by atoms with Crippen LogP contribution >= 0.6 is 22.9 Å². The van der Waals surface area contributed by atoms with Crippen molar-refractivity contribution < 1.29 is 27.9 Å². The predicted molar refractivity (Wildman–Crippen MR) is 110 cm³/mol. The molecule has 0 atom stereocenters. The second-order valence-electron chi connectivity index (χ2n) is 6.31. The molecule has 3 aromatic heterocycles. The Morgan fingerprint density at radius 2 is 2.03 bits per heavy atom. The minimum atomic E-state index is -3.72. The summed E-state index contributed by atoms with van der Waals surface area (Å²) in [5.41, 5.74) is 1.07. The molecule has 0 aliphatic heterocycles. The summed E-state index contributed by atoms with van der Waals surface area (Å²) in [6.07, 6.45) is 0. The van der Waals surface area contributed by atoms with Crippen LogP contribution in [-0.2, 0) is 16.4 Å². The van der Waals surface area contributed by atoms with E-state index in [1.54, 1.807) is 18.2 Å². The number of aliphatic hydroxyl groups is 1. The van der Waals surface area contributed by atoms with Crippen LogP contribution in [0.15, 0.2) is 45.8 Å². The first-order valence-electron chi connectivity index (χ1n) is 8.57. The second-order valence-corrected chi connectivity index (χ2v) is 10.1. The average molecular weight is 468 g/mol. The van der Waals surface area contributed by atoms with Crippen molar-refractivity contribution >= 4 is 49.8 Å². The number of thiophene rings is 1.